The van der Waals surface area contributed by atoms with E-state index >= 15 is 0 Å². The van der Waals surface area contributed by atoms with Gasteiger partial charge in [0, 0.05) is 23.9 Å². The van der Waals surface area contributed by atoms with Gasteiger partial charge in [-0.05, 0) is 30.7 Å². The molecule has 1 aliphatic heterocycles. The van der Waals surface area contributed by atoms with Gasteiger partial charge in [-0.25, -0.2) is 0 Å². The van der Waals surface area contributed by atoms with Crippen LogP contribution in [0.5, 0.6) is 23.0 Å². The molecule has 29 heavy (non-hydrogen) atoms. The summed E-state index contributed by atoms with van der Waals surface area (Å²) >= 11 is 0. The summed E-state index contributed by atoms with van der Waals surface area (Å²) in [5.74, 6) is 3.02. The van der Waals surface area contributed by atoms with E-state index in [1.54, 1.807) is 7.11 Å². The van der Waals surface area contributed by atoms with Crippen LogP contribution >= 0.6 is 0 Å². The molecule has 4 rings (SSSR count). The summed E-state index contributed by atoms with van der Waals surface area (Å²) in [5, 5.41) is 3.44. The number of benzene rings is 3. The smallest absolute Gasteiger partial charge is 0.166 e. The van der Waals surface area contributed by atoms with Crippen LogP contribution < -0.4 is 24.3 Å². The number of hydrogen-bond acceptors (Lipinski definition) is 5. The molecule has 5 nitrogen and oxygen atoms in total. The number of fused-ring (bicyclic) bond motifs is 1. The van der Waals surface area contributed by atoms with Crippen LogP contribution in [-0.2, 0) is 13.2 Å². The molecule has 0 saturated heterocycles. The van der Waals surface area contributed by atoms with Gasteiger partial charge in [-0.3, -0.25) is 0 Å². The zero-order valence-electron chi connectivity index (χ0n) is 16.7. The van der Waals surface area contributed by atoms with Gasteiger partial charge in [0.15, 0.2) is 23.0 Å². The van der Waals surface area contributed by atoms with Crippen LogP contribution in [0.1, 0.15) is 16.7 Å². The average Bonchev–Trinajstić information content (AvgIpc) is 2.76. The molecule has 0 bridgehead atoms. The molecule has 0 unspecified atom stereocenters. The Hall–Kier alpha value is -3.34. The normalized spacial score (nSPS) is 12.3. The lowest BCUT2D eigenvalue weighted by Crippen LogP contribution is -2.15. The van der Waals surface area contributed by atoms with E-state index in [1.807, 2.05) is 42.5 Å². The third-order valence-electron chi connectivity index (χ3n) is 4.77. The van der Waals surface area contributed by atoms with E-state index < -0.39 is 0 Å². The van der Waals surface area contributed by atoms with Crippen LogP contribution in [0.15, 0.2) is 60.7 Å². The molecule has 0 saturated carbocycles. The number of aryl methyl sites for hydroxylation is 1. The van der Waals surface area contributed by atoms with E-state index in [0.29, 0.717) is 26.4 Å². The van der Waals surface area contributed by atoms with Crippen molar-refractivity contribution in [3.8, 4) is 23.0 Å². The maximum Gasteiger partial charge on any atom is 0.166 e. The van der Waals surface area contributed by atoms with Crippen LogP contribution in [0.25, 0.3) is 0 Å². The van der Waals surface area contributed by atoms with Crippen LogP contribution in [0.3, 0.4) is 0 Å². The summed E-state index contributed by atoms with van der Waals surface area (Å²) in [7, 11) is 1.66. The number of methoxy groups -OCH3 is 1. The minimum Gasteiger partial charge on any atom is -0.493 e. The van der Waals surface area contributed by atoms with Gasteiger partial charge in [0.05, 0.1) is 7.11 Å². The SMILES string of the molecule is COc1cccc(CNc2ccc3c(c2)OCCO3)c1OCc1cccc(C)c1. The summed E-state index contributed by atoms with van der Waals surface area (Å²) in [5.41, 5.74) is 4.32. The van der Waals surface area contributed by atoms with Gasteiger partial charge in [0.1, 0.15) is 19.8 Å². The predicted molar refractivity (Wildman–Crippen MR) is 113 cm³/mol. The number of anilines is 1. The Morgan fingerprint density at radius 1 is 0.931 bits per heavy atom. The van der Waals surface area contributed by atoms with Crippen molar-refractivity contribution in [2.45, 2.75) is 20.1 Å². The van der Waals surface area contributed by atoms with Crippen molar-refractivity contribution >= 4 is 5.69 Å². The molecule has 5 heteroatoms. The molecule has 3 aromatic rings. The zero-order valence-corrected chi connectivity index (χ0v) is 16.7. The van der Waals surface area contributed by atoms with Gasteiger partial charge < -0.3 is 24.3 Å². The third kappa shape index (κ3) is 4.57. The Kier molecular flexibility index (Phi) is 5.75. The number of ether oxygens (including phenoxy) is 4. The Bertz CT molecular complexity index is 986. The van der Waals surface area contributed by atoms with E-state index in [4.69, 9.17) is 18.9 Å². The average molecular weight is 391 g/mol. The first kappa shape index (κ1) is 19.0. The highest BCUT2D eigenvalue weighted by molar-refractivity contribution is 5.56. The molecule has 150 valence electrons. The zero-order chi connectivity index (χ0) is 20.1. The lowest BCUT2D eigenvalue weighted by atomic mass is 10.1. The van der Waals surface area contributed by atoms with Crippen molar-refractivity contribution in [3.05, 3.63) is 77.4 Å². The monoisotopic (exact) mass is 391 g/mol. The molecule has 1 N–H and O–H groups in total. The number of nitrogens with one attached hydrogen (secondary N) is 1. The van der Waals surface area contributed by atoms with Crippen molar-refractivity contribution in [2.75, 3.05) is 25.6 Å². The molecule has 0 atom stereocenters. The maximum absolute atomic E-state index is 6.17. The second kappa shape index (κ2) is 8.78. The fourth-order valence-electron chi connectivity index (χ4n) is 3.33. The third-order valence-corrected chi connectivity index (χ3v) is 4.77. The van der Waals surface area contributed by atoms with Crippen LogP contribution in [0, 0.1) is 6.92 Å². The topological polar surface area (TPSA) is 49.0 Å². The van der Waals surface area contributed by atoms with E-state index in [1.165, 1.54) is 5.56 Å². The lowest BCUT2D eigenvalue weighted by molar-refractivity contribution is 0.171. The Morgan fingerprint density at radius 2 is 1.76 bits per heavy atom. The van der Waals surface area contributed by atoms with E-state index in [-0.39, 0.29) is 0 Å². The highest BCUT2D eigenvalue weighted by Crippen LogP contribution is 2.35. The maximum atomic E-state index is 6.17. The number of hydrogen-bond donors (Lipinski definition) is 1. The molecule has 0 aliphatic carbocycles. The first-order valence-electron chi connectivity index (χ1n) is 9.70. The highest BCUT2D eigenvalue weighted by atomic mass is 16.6. The summed E-state index contributed by atoms with van der Waals surface area (Å²) < 4.78 is 23.0. The van der Waals surface area contributed by atoms with Crippen molar-refractivity contribution in [3.63, 3.8) is 0 Å². The van der Waals surface area contributed by atoms with Gasteiger partial charge in [0.2, 0.25) is 0 Å². The summed E-state index contributed by atoms with van der Waals surface area (Å²) in [6, 6.07) is 20.1. The molecular weight excluding hydrogens is 366 g/mol. The van der Waals surface area contributed by atoms with Gasteiger partial charge in [-0.2, -0.15) is 0 Å². The van der Waals surface area contributed by atoms with E-state index in [2.05, 4.69) is 30.4 Å². The molecule has 0 spiro atoms. The molecular formula is C24H25NO4. The molecule has 0 radical (unpaired) electrons. The quantitative estimate of drug-likeness (QED) is 0.616. The van der Waals surface area contributed by atoms with Gasteiger partial charge in [0.25, 0.3) is 0 Å². The minimum absolute atomic E-state index is 0.485. The first-order valence-corrected chi connectivity index (χ1v) is 9.70. The number of rotatable bonds is 7. The van der Waals surface area contributed by atoms with Crippen LogP contribution in [0.2, 0.25) is 0 Å². The highest BCUT2D eigenvalue weighted by Gasteiger charge is 2.14. The van der Waals surface area contributed by atoms with Crippen molar-refractivity contribution in [2.24, 2.45) is 0 Å². The number of para-hydroxylation sites is 1. The Labute approximate surface area is 171 Å². The summed E-state index contributed by atoms with van der Waals surface area (Å²) in [4.78, 5) is 0. The fraction of sp³-hybridized carbons (Fsp3) is 0.250. The minimum atomic E-state index is 0.485. The van der Waals surface area contributed by atoms with E-state index in [9.17, 15) is 0 Å². The summed E-state index contributed by atoms with van der Waals surface area (Å²) in [6.07, 6.45) is 0. The Balaban J connectivity index is 1.49. The van der Waals surface area contributed by atoms with Gasteiger partial charge in [-0.1, -0.05) is 42.0 Å². The van der Waals surface area contributed by atoms with Crippen molar-refractivity contribution in [1.82, 2.24) is 0 Å². The molecule has 0 aromatic heterocycles. The molecule has 0 amide bonds. The molecule has 1 heterocycles. The molecule has 1 aliphatic rings. The first-order chi connectivity index (χ1) is 14.2. The Morgan fingerprint density at radius 3 is 2.59 bits per heavy atom. The lowest BCUT2D eigenvalue weighted by Gasteiger charge is -2.20. The van der Waals surface area contributed by atoms with E-state index in [0.717, 1.165) is 39.8 Å². The van der Waals surface area contributed by atoms with Crippen molar-refractivity contribution in [1.29, 1.82) is 0 Å². The van der Waals surface area contributed by atoms with Gasteiger partial charge >= 0.3 is 0 Å². The molecule has 3 aromatic carbocycles. The van der Waals surface area contributed by atoms with Crippen molar-refractivity contribution < 1.29 is 18.9 Å². The second-order valence-electron chi connectivity index (χ2n) is 6.94. The van der Waals surface area contributed by atoms with Gasteiger partial charge in [-0.15, -0.1) is 0 Å². The second-order valence-corrected chi connectivity index (χ2v) is 6.94. The van der Waals surface area contributed by atoms with Crippen LogP contribution in [0.4, 0.5) is 5.69 Å². The summed E-state index contributed by atoms with van der Waals surface area (Å²) in [6.45, 7) is 4.32. The largest absolute Gasteiger partial charge is 0.493 e. The standard InChI is InChI=1S/C24H25NO4/c1-17-5-3-6-18(13-17)16-29-24-19(7-4-8-22(24)26-2)15-25-20-9-10-21-23(14-20)28-12-11-27-21/h3-10,13-14,25H,11-12,15-16H2,1-2H3. The van der Waals surface area contributed by atoms with Crippen LogP contribution in [-0.4, -0.2) is 20.3 Å². The fourth-order valence-corrected chi connectivity index (χ4v) is 3.33. The predicted octanol–water partition coefficient (Wildman–Crippen LogP) is 4.97. The molecule has 0 fully saturated rings.